The van der Waals surface area contributed by atoms with Gasteiger partial charge >= 0.3 is 5.97 Å². The van der Waals surface area contributed by atoms with Crippen molar-refractivity contribution in [3.63, 3.8) is 0 Å². The van der Waals surface area contributed by atoms with E-state index in [1.54, 1.807) is 24.3 Å². The van der Waals surface area contributed by atoms with E-state index in [4.69, 9.17) is 21.0 Å². The van der Waals surface area contributed by atoms with E-state index in [9.17, 15) is 32.5 Å². The van der Waals surface area contributed by atoms with Gasteiger partial charge in [-0.25, -0.2) is 18.2 Å². The van der Waals surface area contributed by atoms with Gasteiger partial charge in [-0.3, -0.25) is 9.59 Å². The number of hydrogen-bond donors (Lipinski definition) is 5. The van der Waals surface area contributed by atoms with Crippen LogP contribution in [-0.2, 0) is 41.0 Å². The molecular formula is C27H32N8O10S2. The van der Waals surface area contributed by atoms with Crippen LogP contribution in [0.1, 0.15) is 19.5 Å². The number of aromatic nitrogens is 2. The van der Waals surface area contributed by atoms with Crippen LogP contribution in [0.15, 0.2) is 53.1 Å². The van der Waals surface area contributed by atoms with Crippen LogP contribution in [0.4, 0.5) is 10.8 Å². The van der Waals surface area contributed by atoms with Crippen LogP contribution in [0.5, 0.6) is 5.75 Å². The highest BCUT2D eigenvalue weighted by Gasteiger charge is 2.57. The summed E-state index contributed by atoms with van der Waals surface area (Å²) in [5.41, 5.74) is 11.8. The molecule has 0 saturated carbocycles. The first-order chi connectivity index (χ1) is 22.1. The van der Waals surface area contributed by atoms with Crippen LogP contribution in [0.25, 0.3) is 11.3 Å². The van der Waals surface area contributed by atoms with Crippen molar-refractivity contribution in [2.45, 2.75) is 31.5 Å². The number of nitrogen functional groups attached to an aromatic ring is 1. The second kappa shape index (κ2) is 14.3. The summed E-state index contributed by atoms with van der Waals surface area (Å²) in [5.74, 6) is -3.20. The molecule has 4 rings (SSSR count). The highest BCUT2D eigenvalue weighted by Crippen LogP contribution is 2.33. The van der Waals surface area contributed by atoms with Gasteiger partial charge in [0.2, 0.25) is 16.1 Å². The molecule has 1 aliphatic heterocycles. The third-order valence-corrected chi connectivity index (χ3v) is 7.81. The van der Waals surface area contributed by atoms with E-state index < -0.39 is 58.2 Å². The Hall–Kier alpha value is -4.89. The van der Waals surface area contributed by atoms with Gasteiger partial charge in [0.15, 0.2) is 17.0 Å². The zero-order valence-electron chi connectivity index (χ0n) is 25.3. The fourth-order valence-corrected chi connectivity index (χ4v) is 5.40. The predicted molar refractivity (Wildman–Crippen MR) is 165 cm³/mol. The number of benzene rings is 1. The summed E-state index contributed by atoms with van der Waals surface area (Å²) in [6.07, 6.45) is 0.238. The average molecular weight is 693 g/mol. The van der Waals surface area contributed by atoms with Gasteiger partial charge < -0.3 is 41.3 Å². The molecule has 2 amide bonds. The minimum Gasteiger partial charge on any atom is -0.724 e. The third-order valence-electron chi connectivity index (χ3n) is 6.80. The molecule has 252 valence electrons. The molecule has 1 fully saturated rings. The standard InChI is InChI=1S/C27H32N8O10S2/c1-27(2)22(24(37)35(27)45-47(40,41)42)32-23(36)21(18-14-46-26(29)31-18)33-44-20(25(38)39)13-43-17-7-4-15(5-8-17)19-9-6-16(12-34(19)3)30-11-10-28/h4-9,12,14,20,22,30H,10-11,13,28H2,1-3H3,(H4-,29,31,32,36,38,39,40,41,42)/b33-21-/t20?,22-/m1/s1. The number of carboxylic acid groups (broad SMARTS) is 1. The van der Waals surface area contributed by atoms with Crippen molar-refractivity contribution in [1.29, 1.82) is 0 Å². The Bertz CT molecular complexity index is 1780. The van der Waals surface area contributed by atoms with E-state index in [0.717, 1.165) is 28.3 Å². The molecule has 18 nitrogen and oxygen atoms in total. The number of pyridine rings is 1. The molecule has 3 aromatic rings. The maximum atomic E-state index is 13.2. The van der Waals surface area contributed by atoms with Gasteiger partial charge in [0.1, 0.15) is 31.1 Å². The number of carboxylic acids is 1. The van der Waals surface area contributed by atoms with Crippen LogP contribution < -0.4 is 31.4 Å². The number of nitrogens with zero attached hydrogens (tertiary/aromatic N) is 4. The molecule has 2 atom stereocenters. The van der Waals surface area contributed by atoms with Gasteiger partial charge in [0.05, 0.1) is 11.2 Å². The van der Waals surface area contributed by atoms with E-state index in [1.807, 2.05) is 29.9 Å². The fourth-order valence-electron chi connectivity index (χ4n) is 4.40. The summed E-state index contributed by atoms with van der Waals surface area (Å²) in [6.45, 7) is 3.30. The summed E-state index contributed by atoms with van der Waals surface area (Å²) in [5, 5.41) is 20.7. The Kier molecular flexibility index (Phi) is 10.6. The van der Waals surface area contributed by atoms with Crippen LogP contribution in [0.2, 0.25) is 0 Å². The van der Waals surface area contributed by atoms with E-state index in [1.165, 1.54) is 19.2 Å². The number of carbonyl (C=O) groups is 3. The van der Waals surface area contributed by atoms with Gasteiger partial charge in [-0.2, -0.15) is 13.9 Å². The maximum absolute atomic E-state index is 13.2. The third kappa shape index (κ3) is 8.48. The van der Waals surface area contributed by atoms with Gasteiger partial charge in [-0.15, -0.1) is 11.3 Å². The van der Waals surface area contributed by atoms with Crippen LogP contribution >= 0.6 is 11.3 Å². The smallest absolute Gasteiger partial charge is 0.351 e. The zero-order valence-corrected chi connectivity index (χ0v) is 26.9. The number of hydrogen-bond acceptors (Lipinski definition) is 15. The molecule has 1 unspecified atom stereocenters. The Morgan fingerprint density at radius 1 is 1.26 bits per heavy atom. The first-order valence-corrected chi connectivity index (χ1v) is 16.0. The summed E-state index contributed by atoms with van der Waals surface area (Å²) >= 11 is 0.951. The molecule has 0 radical (unpaired) electrons. The number of amides is 2. The lowest BCUT2D eigenvalue weighted by atomic mass is 9.84. The van der Waals surface area contributed by atoms with Crippen molar-refractivity contribution < 1.29 is 50.9 Å². The normalized spacial score (nSPS) is 16.6. The molecule has 0 aliphatic carbocycles. The van der Waals surface area contributed by atoms with Crippen LogP contribution in [0, 0.1) is 0 Å². The maximum Gasteiger partial charge on any atom is 0.351 e. The molecular weight excluding hydrogens is 660 g/mol. The van der Waals surface area contributed by atoms with Crippen LogP contribution in [-0.4, -0.2) is 89.0 Å². The molecule has 47 heavy (non-hydrogen) atoms. The van der Waals surface area contributed by atoms with Gasteiger partial charge in [-0.1, -0.05) is 5.16 Å². The lowest BCUT2D eigenvalue weighted by Crippen LogP contribution is -2.76. The van der Waals surface area contributed by atoms with Crippen molar-refractivity contribution in [3.8, 4) is 17.0 Å². The molecule has 2 aromatic heterocycles. The quantitative estimate of drug-likeness (QED) is 0.0331. The molecule has 3 heterocycles. The first-order valence-electron chi connectivity index (χ1n) is 13.8. The minimum atomic E-state index is -5.27. The predicted octanol–water partition coefficient (Wildman–Crippen LogP) is -0.662. The summed E-state index contributed by atoms with van der Waals surface area (Å²) in [4.78, 5) is 46.8. The van der Waals surface area contributed by atoms with E-state index in [0.29, 0.717) is 23.9 Å². The number of oxime groups is 1. The highest BCUT2D eigenvalue weighted by molar-refractivity contribution is 7.80. The van der Waals surface area contributed by atoms with Gasteiger partial charge in [-0.05, 0) is 44.2 Å². The van der Waals surface area contributed by atoms with E-state index in [2.05, 4.69) is 25.1 Å². The number of anilines is 2. The van der Waals surface area contributed by atoms with E-state index in [-0.39, 0.29) is 10.8 Å². The number of rotatable bonds is 15. The topological polar surface area (TPSA) is 265 Å². The monoisotopic (exact) mass is 692 g/mol. The van der Waals surface area contributed by atoms with Crippen molar-refractivity contribution in [2.75, 3.05) is 30.7 Å². The zero-order chi connectivity index (χ0) is 34.5. The van der Waals surface area contributed by atoms with Gasteiger partial charge in [0.25, 0.3) is 17.9 Å². The number of carbonyl (C=O) groups excluding carboxylic acids is 2. The number of ether oxygens (including phenoxy) is 1. The Morgan fingerprint density at radius 2 is 1.96 bits per heavy atom. The molecule has 1 aliphatic rings. The number of hydroxylamine groups is 2. The molecule has 0 bridgehead atoms. The molecule has 1 aromatic carbocycles. The van der Waals surface area contributed by atoms with Gasteiger partial charge in [0, 0.05) is 30.1 Å². The second-order valence-corrected chi connectivity index (χ2v) is 12.4. The number of thiazole rings is 1. The lowest BCUT2D eigenvalue weighted by molar-refractivity contribution is -0.659. The lowest BCUT2D eigenvalue weighted by Gasteiger charge is -2.51. The van der Waals surface area contributed by atoms with Crippen molar-refractivity contribution in [3.05, 3.63) is 53.7 Å². The number of nitrogens with two attached hydrogens (primary N) is 2. The van der Waals surface area contributed by atoms with Crippen molar-refractivity contribution in [1.82, 2.24) is 15.4 Å². The number of aryl methyl sites for hydroxylation is 1. The molecule has 0 spiro atoms. The molecule has 1 saturated heterocycles. The average Bonchev–Trinajstić information content (AvgIpc) is 3.44. The number of nitrogens with one attached hydrogen (secondary N) is 2. The van der Waals surface area contributed by atoms with Crippen molar-refractivity contribution >= 4 is 56.1 Å². The summed E-state index contributed by atoms with van der Waals surface area (Å²) < 4.78 is 44.7. The first kappa shape index (κ1) is 35.0. The number of aliphatic carboxylic acids is 1. The Morgan fingerprint density at radius 3 is 2.51 bits per heavy atom. The van der Waals surface area contributed by atoms with Crippen LogP contribution in [0.3, 0.4) is 0 Å². The summed E-state index contributed by atoms with van der Waals surface area (Å²) in [6, 6.07) is 9.40. The molecule has 7 N–H and O–H groups in total. The van der Waals surface area contributed by atoms with E-state index >= 15 is 0 Å². The fraction of sp³-hybridized carbons (Fsp3) is 0.333. The van der Waals surface area contributed by atoms with Crippen molar-refractivity contribution in [2.24, 2.45) is 17.9 Å². The highest BCUT2D eigenvalue weighted by atomic mass is 32.3. The minimum absolute atomic E-state index is 0.0511. The largest absolute Gasteiger partial charge is 0.724 e. The number of β-lactam (4-membered cyclic amide) rings is 1. The molecule has 20 heteroatoms. The SMILES string of the molecule is C[n+]1cc(NCCN)ccc1-c1ccc(OCC(O/N=C(\C(=O)N[C@@H]2C(=O)N(OS(=O)(=O)[O-])C2(C)C)c2csc(N)n2)C(=O)O)cc1. The Balaban J connectivity index is 1.45. The summed E-state index contributed by atoms with van der Waals surface area (Å²) in [7, 11) is -3.37. The second-order valence-electron chi connectivity index (χ2n) is 10.6. The Labute approximate surface area is 272 Å².